The van der Waals surface area contributed by atoms with Gasteiger partial charge in [0.05, 0.1) is 5.69 Å². The van der Waals surface area contributed by atoms with Crippen molar-refractivity contribution in [2.24, 2.45) is 0 Å². The van der Waals surface area contributed by atoms with Crippen LogP contribution in [0.15, 0.2) is 66.7 Å². The van der Waals surface area contributed by atoms with Gasteiger partial charge in [0.2, 0.25) is 0 Å². The number of rotatable bonds is 7. The molecule has 0 aliphatic carbocycles. The third-order valence-corrected chi connectivity index (χ3v) is 6.09. The van der Waals surface area contributed by atoms with Crippen LogP contribution in [0.25, 0.3) is 11.3 Å². The fourth-order valence-electron chi connectivity index (χ4n) is 4.29. The molecule has 0 amide bonds. The topological polar surface area (TPSA) is 19.4 Å². The molecule has 1 fully saturated rings. The maximum absolute atomic E-state index is 4.68. The van der Waals surface area contributed by atoms with Crippen molar-refractivity contribution < 1.29 is 0 Å². The number of pyridine rings is 1. The number of hydrogen-bond acceptors (Lipinski definition) is 3. The lowest BCUT2D eigenvalue weighted by Crippen LogP contribution is -2.47. The monoisotopic (exact) mass is 399 g/mol. The summed E-state index contributed by atoms with van der Waals surface area (Å²) in [7, 11) is 0. The molecule has 2 heterocycles. The van der Waals surface area contributed by atoms with Gasteiger partial charge >= 0.3 is 0 Å². The van der Waals surface area contributed by atoms with E-state index in [1.165, 1.54) is 55.0 Å². The Morgan fingerprint density at radius 2 is 1.27 bits per heavy atom. The van der Waals surface area contributed by atoms with Crippen LogP contribution < -0.4 is 0 Å². The van der Waals surface area contributed by atoms with Gasteiger partial charge in [-0.15, -0.1) is 0 Å². The average molecular weight is 400 g/mol. The molecule has 0 bridgehead atoms. The van der Waals surface area contributed by atoms with E-state index in [0.29, 0.717) is 0 Å². The van der Waals surface area contributed by atoms with Crippen molar-refractivity contribution in [2.75, 3.05) is 39.3 Å². The number of piperazine rings is 1. The SMILES string of the molecule is Cc1cc(C)nc(-c2ccc(CCN3CCN(CCc4ccccc4)CC3)cc2)c1. The molecule has 0 atom stereocenters. The van der Waals surface area contributed by atoms with E-state index < -0.39 is 0 Å². The fraction of sp³-hybridized carbons (Fsp3) is 0.370. The molecule has 156 valence electrons. The largest absolute Gasteiger partial charge is 0.300 e. The van der Waals surface area contributed by atoms with Crippen molar-refractivity contribution in [3.05, 3.63) is 89.1 Å². The molecule has 4 rings (SSSR count). The Kier molecular flexibility index (Phi) is 6.93. The number of nitrogens with zero attached hydrogens (tertiary/aromatic N) is 3. The zero-order chi connectivity index (χ0) is 20.8. The quantitative estimate of drug-likeness (QED) is 0.571. The lowest BCUT2D eigenvalue weighted by atomic mass is 10.0. The predicted molar refractivity (Wildman–Crippen MR) is 126 cm³/mol. The van der Waals surface area contributed by atoms with Gasteiger partial charge in [0.1, 0.15) is 0 Å². The highest BCUT2D eigenvalue weighted by Gasteiger charge is 2.16. The molecule has 3 heteroatoms. The van der Waals surface area contributed by atoms with Crippen molar-refractivity contribution in [3.63, 3.8) is 0 Å². The molecule has 0 radical (unpaired) electrons. The highest BCUT2D eigenvalue weighted by molar-refractivity contribution is 5.60. The van der Waals surface area contributed by atoms with Crippen LogP contribution in [0.4, 0.5) is 0 Å². The van der Waals surface area contributed by atoms with Gasteiger partial charge in [0.25, 0.3) is 0 Å². The Morgan fingerprint density at radius 3 is 1.83 bits per heavy atom. The summed E-state index contributed by atoms with van der Waals surface area (Å²) in [5, 5.41) is 0. The molecule has 30 heavy (non-hydrogen) atoms. The third kappa shape index (κ3) is 5.78. The zero-order valence-corrected chi connectivity index (χ0v) is 18.3. The first-order valence-corrected chi connectivity index (χ1v) is 11.2. The van der Waals surface area contributed by atoms with E-state index in [4.69, 9.17) is 0 Å². The molecule has 2 aromatic carbocycles. The smallest absolute Gasteiger partial charge is 0.0707 e. The van der Waals surface area contributed by atoms with Crippen LogP contribution in [-0.4, -0.2) is 54.1 Å². The van der Waals surface area contributed by atoms with Gasteiger partial charge in [-0.2, -0.15) is 0 Å². The second-order valence-electron chi connectivity index (χ2n) is 8.54. The second kappa shape index (κ2) is 10.0. The van der Waals surface area contributed by atoms with E-state index in [1.54, 1.807) is 0 Å². The summed E-state index contributed by atoms with van der Waals surface area (Å²) in [6.45, 7) is 11.2. The number of aromatic nitrogens is 1. The molecule has 0 spiro atoms. The maximum Gasteiger partial charge on any atom is 0.0707 e. The molecule has 1 saturated heterocycles. The first kappa shape index (κ1) is 20.8. The summed E-state index contributed by atoms with van der Waals surface area (Å²) in [6, 6.07) is 24.1. The minimum atomic E-state index is 1.07. The van der Waals surface area contributed by atoms with Crippen molar-refractivity contribution >= 4 is 0 Å². The Bertz CT molecular complexity index is 906. The van der Waals surface area contributed by atoms with Crippen LogP contribution in [0.2, 0.25) is 0 Å². The predicted octanol–water partition coefficient (Wildman–Crippen LogP) is 4.77. The summed E-state index contributed by atoms with van der Waals surface area (Å²) < 4.78 is 0. The van der Waals surface area contributed by atoms with Crippen LogP contribution >= 0.6 is 0 Å². The molecule has 0 saturated carbocycles. The Balaban J connectivity index is 1.22. The molecular formula is C27H33N3. The van der Waals surface area contributed by atoms with Crippen molar-refractivity contribution in [3.8, 4) is 11.3 Å². The van der Waals surface area contributed by atoms with Crippen molar-refractivity contribution in [2.45, 2.75) is 26.7 Å². The second-order valence-corrected chi connectivity index (χ2v) is 8.54. The third-order valence-electron chi connectivity index (χ3n) is 6.09. The van der Waals surface area contributed by atoms with E-state index >= 15 is 0 Å². The lowest BCUT2D eigenvalue weighted by molar-refractivity contribution is 0.134. The van der Waals surface area contributed by atoms with Crippen LogP contribution in [0.5, 0.6) is 0 Å². The van der Waals surface area contributed by atoms with Crippen LogP contribution in [0.1, 0.15) is 22.4 Å². The van der Waals surface area contributed by atoms with E-state index in [1.807, 2.05) is 0 Å². The average Bonchev–Trinajstić information content (AvgIpc) is 2.77. The standard InChI is InChI=1S/C27H33N3/c1-22-20-23(2)28-27(21-22)26-10-8-25(9-11-26)13-15-30-18-16-29(17-19-30)14-12-24-6-4-3-5-7-24/h3-11,20-21H,12-19H2,1-2H3. The van der Waals surface area contributed by atoms with Crippen LogP contribution in [0.3, 0.4) is 0 Å². The summed E-state index contributed by atoms with van der Waals surface area (Å²) in [5.74, 6) is 0. The normalized spacial score (nSPS) is 15.4. The zero-order valence-electron chi connectivity index (χ0n) is 18.3. The van der Waals surface area contributed by atoms with E-state index in [0.717, 1.165) is 30.8 Å². The minimum absolute atomic E-state index is 1.07. The lowest BCUT2D eigenvalue weighted by Gasteiger charge is -2.34. The summed E-state index contributed by atoms with van der Waals surface area (Å²) in [4.78, 5) is 9.90. The molecule has 0 unspecified atom stereocenters. The van der Waals surface area contributed by atoms with Gasteiger partial charge in [-0.05, 0) is 55.5 Å². The molecule has 1 aliphatic rings. The number of benzene rings is 2. The Morgan fingerprint density at radius 1 is 0.700 bits per heavy atom. The molecule has 1 aliphatic heterocycles. The van der Waals surface area contributed by atoms with Gasteiger partial charge in [-0.3, -0.25) is 4.98 Å². The summed E-state index contributed by atoms with van der Waals surface area (Å²) in [6.07, 6.45) is 2.27. The maximum atomic E-state index is 4.68. The van der Waals surface area contributed by atoms with E-state index in [9.17, 15) is 0 Å². The molecular weight excluding hydrogens is 366 g/mol. The highest BCUT2D eigenvalue weighted by Crippen LogP contribution is 2.20. The Hall–Kier alpha value is -2.49. The van der Waals surface area contributed by atoms with E-state index in [2.05, 4.69) is 95.4 Å². The Labute approximate surface area is 181 Å². The first-order chi connectivity index (χ1) is 14.7. The fourth-order valence-corrected chi connectivity index (χ4v) is 4.29. The van der Waals surface area contributed by atoms with Crippen molar-refractivity contribution in [1.82, 2.24) is 14.8 Å². The first-order valence-electron chi connectivity index (χ1n) is 11.2. The van der Waals surface area contributed by atoms with Crippen LogP contribution in [-0.2, 0) is 12.8 Å². The molecule has 3 aromatic rings. The molecule has 0 N–H and O–H groups in total. The molecule has 1 aromatic heterocycles. The van der Waals surface area contributed by atoms with Crippen molar-refractivity contribution in [1.29, 1.82) is 0 Å². The van der Waals surface area contributed by atoms with Gasteiger partial charge < -0.3 is 9.80 Å². The summed E-state index contributed by atoms with van der Waals surface area (Å²) in [5.41, 5.74) is 7.48. The number of hydrogen-bond donors (Lipinski definition) is 0. The minimum Gasteiger partial charge on any atom is -0.300 e. The highest BCUT2D eigenvalue weighted by atomic mass is 15.3. The van der Waals surface area contributed by atoms with Crippen LogP contribution in [0, 0.1) is 13.8 Å². The van der Waals surface area contributed by atoms with Gasteiger partial charge in [0, 0.05) is 50.5 Å². The summed E-state index contributed by atoms with van der Waals surface area (Å²) >= 11 is 0. The van der Waals surface area contributed by atoms with Gasteiger partial charge in [0.15, 0.2) is 0 Å². The molecule has 3 nitrogen and oxygen atoms in total. The van der Waals surface area contributed by atoms with Gasteiger partial charge in [-0.25, -0.2) is 0 Å². The van der Waals surface area contributed by atoms with Gasteiger partial charge in [-0.1, -0.05) is 54.6 Å². The van der Waals surface area contributed by atoms with E-state index in [-0.39, 0.29) is 0 Å². The number of aryl methyl sites for hydroxylation is 2.